The fourth-order valence-corrected chi connectivity index (χ4v) is 3.59. The van der Waals surface area contributed by atoms with Crippen molar-refractivity contribution in [3.8, 4) is 11.5 Å². The van der Waals surface area contributed by atoms with Crippen molar-refractivity contribution in [2.24, 2.45) is 0 Å². The zero-order chi connectivity index (χ0) is 21.6. The molecule has 0 spiro atoms. The van der Waals surface area contributed by atoms with E-state index in [0.29, 0.717) is 11.3 Å². The van der Waals surface area contributed by atoms with E-state index in [1.54, 1.807) is 6.92 Å². The van der Waals surface area contributed by atoms with Gasteiger partial charge < -0.3 is 14.8 Å². The first-order valence-electron chi connectivity index (χ1n) is 8.64. The topological polar surface area (TPSA) is 93.7 Å². The van der Waals surface area contributed by atoms with E-state index in [1.807, 2.05) is 0 Å². The third kappa shape index (κ3) is 5.88. The van der Waals surface area contributed by atoms with Crippen molar-refractivity contribution in [1.29, 1.82) is 0 Å². The first-order valence-corrected chi connectivity index (χ1v) is 10.1. The van der Waals surface area contributed by atoms with Gasteiger partial charge in [-0.3, -0.25) is 4.79 Å². The lowest BCUT2D eigenvalue weighted by Gasteiger charge is -2.15. The minimum absolute atomic E-state index is 0.0364. The maximum atomic E-state index is 13.3. The highest BCUT2D eigenvalue weighted by Gasteiger charge is 2.18. The third-order valence-electron chi connectivity index (χ3n) is 4.13. The molecule has 0 aliphatic heterocycles. The van der Waals surface area contributed by atoms with Gasteiger partial charge in [0.25, 0.3) is 0 Å². The zero-order valence-electron chi connectivity index (χ0n) is 16.2. The van der Waals surface area contributed by atoms with E-state index in [0.717, 1.165) is 12.1 Å². The Morgan fingerprint density at radius 1 is 1.03 bits per heavy atom. The quantitative estimate of drug-likeness (QED) is 0.640. The molecule has 2 rings (SSSR count). The third-order valence-corrected chi connectivity index (χ3v) is 5.59. The van der Waals surface area contributed by atoms with Crippen LogP contribution in [0.25, 0.3) is 0 Å². The Morgan fingerprint density at radius 2 is 1.72 bits per heavy atom. The highest BCUT2D eigenvalue weighted by molar-refractivity contribution is 7.89. The lowest BCUT2D eigenvalue weighted by molar-refractivity contribution is -0.121. The summed E-state index contributed by atoms with van der Waals surface area (Å²) in [6.07, 6.45) is -0.138. The molecule has 0 heterocycles. The second kappa shape index (κ2) is 9.66. The lowest BCUT2D eigenvalue weighted by Crippen LogP contribution is -2.32. The number of sulfonamides is 1. The summed E-state index contributed by atoms with van der Waals surface area (Å²) in [6, 6.07) is 6.90. The number of halogens is 2. The van der Waals surface area contributed by atoms with Crippen molar-refractivity contribution in [1.82, 2.24) is 10.0 Å². The first kappa shape index (κ1) is 22.6. The number of methoxy groups -OCH3 is 2. The number of rotatable bonds is 9. The van der Waals surface area contributed by atoms with E-state index in [9.17, 15) is 22.0 Å². The van der Waals surface area contributed by atoms with Gasteiger partial charge in [0.05, 0.1) is 25.2 Å². The number of amides is 1. The zero-order valence-corrected chi connectivity index (χ0v) is 17.0. The van der Waals surface area contributed by atoms with Gasteiger partial charge in [0.2, 0.25) is 15.9 Å². The molecule has 0 aliphatic carbocycles. The molecule has 158 valence electrons. The van der Waals surface area contributed by atoms with Crippen LogP contribution in [0.1, 0.15) is 24.9 Å². The molecule has 0 aliphatic rings. The number of carbonyl (C=O) groups excluding carboxylic acids is 1. The summed E-state index contributed by atoms with van der Waals surface area (Å²) in [4.78, 5) is 12.0. The number of nitrogens with one attached hydrogen (secondary N) is 2. The van der Waals surface area contributed by atoms with Crippen molar-refractivity contribution in [3.05, 3.63) is 53.6 Å². The van der Waals surface area contributed by atoms with E-state index in [2.05, 4.69) is 10.0 Å². The van der Waals surface area contributed by atoms with Crippen LogP contribution in [0.2, 0.25) is 0 Å². The largest absolute Gasteiger partial charge is 0.493 e. The van der Waals surface area contributed by atoms with Crippen LogP contribution in [0, 0.1) is 11.6 Å². The fourth-order valence-electron chi connectivity index (χ4n) is 2.54. The van der Waals surface area contributed by atoms with E-state index in [1.165, 1.54) is 38.5 Å². The summed E-state index contributed by atoms with van der Waals surface area (Å²) in [5.41, 5.74) is 0.392. The Hall–Kier alpha value is -2.72. The molecule has 29 heavy (non-hydrogen) atoms. The molecule has 0 aromatic heterocycles. The Morgan fingerprint density at radius 3 is 2.34 bits per heavy atom. The fraction of sp³-hybridized carbons (Fsp3) is 0.316. The predicted molar refractivity (Wildman–Crippen MR) is 102 cm³/mol. The second-order valence-corrected chi connectivity index (χ2v) is 7.89. The van der Waals surface area contributed by atoms with Crippen LogP contribution in [0.5, 0.6) is 11.5 Å². The summed E-state index contributed by atoms with van der Waals surface area (Å²) in [7, 11) is -1.04. The minimum Gasteiger partial charge on any atom is -0.493 e. The van der Waals surface area contributed by atoms with Crippen LogP contribution < -0.4 is 19.5 Å². The molecule has 0 saturated heterocycles. The molecule has 2 N–H and O–H groups in total. The molecule has 2 aromatic rings. The van der Waals surface area contributed by atoms with Gasteiger partial charge in [-0.2, -0.15) is 0 Å². The highest BCUT2D eigenvalue weighted by atomic mass is 32.2. The Balaban J connectivity index is 1.92. The number of ether oxygens (including phenoxy) is 2. The van der Waals surface area contributed by atoms with Crippen LogP contribution in [-0.4, -0.2) is 35.1 Å². The Labute approximate surface area is 168 Å². The van der Waals surface area contributed by atoms with Gasteiger partial charge in [-0.05, 0) is 36.8 Å². The molecule has 0 saturated carbocycles. The SMILES string of the molecule is COc1ccc(S(=O)(=O)NCCC(=O)N[C@@H](C)c2ccc(F)c(F)c2)cc1OC. The van der Waals surface area contributed by atoms with E-state index < -0.39 is 33.6 Å². The molecule has 0 radical (unpaired) electrons. The Bertz CT molecular complexity index is 983. The van der Waals surface area contributed by atoms with Gasteiger partial charge in [-0.15, -0.1) is 0 Å². The van der Waals surface area contributed by atoms with Crippen molar-refractivity contribution < 1.29 is 31.5 Å². The summed E-state index contributed by atoms with van der Waals surface area (Å²) >= 11 is 0. The van der Waals surface area contributed by atoms with Crippen LogP contribution in [0.15, 0.2) is 41.3 Å². The first-order chi connectivity index (χ1) is 13.7. The second-order valence-electron chi connectivity index (χ2n) is 6.13. The summed E-state index contributed by atoms with van der Waals surface area (Å²) in [5.74, 6) is -1.79. The minimum atomic E-state index is -3.86. The smallest absolute Gasteiger partial charge is 0.240 e. The molecular weight excluding hydrogens is 406 g/mol. The van der Waals surface area contributed by atoms with Crippen molar-refractivity contribution in [2.45, 2.75) is 24.3 Å². The maximum absolute atomic E-state index is 13.3. The molecule has 0 unspecified atom stereocenters. The molecule has 0 fully saturated rings. The van der Waals surface area contributed by atoms with Gasteiger partial charge in [-0.25, -0.2) is 21.9 Å². The lowest BCUT2D eigenvalue weighted by atomic mass is 10.1. The molecule has 1 amide bonds. The summed E-state index contributed by atoms with van der Waals surface area (Å²) < 4.78 is 63.5. The molecule has 1 atom stereocenters. The molecular formula is C19H22F2N2O5S. The number of carbonyl (C=O) groups is 1. The van der Waals surface area contributed by atoms with Crippen LogP contribution >= 0.6 is 0 Å². The van der Waals surface area contributed by atoms with Crippen molar-refractivity contribution >= 4 is 15.9 Å². The van der Waals surface area contributed by atoms with Crippen LogP contribution in [0.3, 0.4) is 0 Å². The normalized spacial score (nSPS) is 12.3. The molecule has 2 aromatic carbocycles. The number of hydrogen-bond donors (Lipinski definition) is 2. The maximum Gasteiger partial charge on any atom is 0.240 e. The van der Waals surface area contributed by atoms with E-state index in [4.69, 9.17) is 9.47 Å². The van der Waals surface area contributed by atoms with Crippen molar-refractivity contribution in [3.63, 3.8) is 0 Å². The average molecular weight is 428 g/mol. The predicted octanol–water partition coefficient (Wildman–Crippen LogP) is 2.53. The number of benzene rings is 2. The monoisotopic (exact) mass is 428 g/mol. The Kier molecular flexibility index (Phi) is 7.52. The molecule has 0 bridgehead atoms. The number of hydrogen-bond acceptors (Lipinski definition) is 5. The standard InChI is InChI=1S/C19H22F2N2O5S/c1-12(13-4-6-15(20)16(21)10-13)23-19(24)8-9-22-29(25,26)14-5-7-17(27-2)18(11-14)28-3/h4-7,10-12,22H,8-9H2,1-3H3,(H,23,24)/t12-/m0/s1. The van der Waals surface area contributed by atoms with Gasteiger partial charge >= 0.3 is 0 Å². The van der Waals surface area contributed by atoms with E-state index >= 15 is 0 Å². The highest BCUT2D eigenvalue weighted by Crippen LogP contribution is 2.29. The molecule has 7 nitrogen and oxygen atoms in total. The van der Waals surface area contributed by atoms with Gasteiger partial charge in [0.1, 0.15) is 0 Å². The van der Waals surface area contributed by atoms with Gasteiger partial charge in [0.15, 0.2) is 23.1 Å². The van der Waals surface area contributed by atoms with Crippen molar-refractivity contribution in [2.75, 3.05) is 20.8 Å². The molecule has 10 heteroatoms. The average Bonchev–Trinajstić information content (AvgIpc) is 2.69. The summed E-state index contributed by atoms with van der Waals surface area (Å²) in [6.45, 7) is 1.46. The van der Waals surface area contributed by atoms with Crippen LogP contribution in [-0.2, 0) is 14.8 Å². The van der Waals surface area contributed by atoms with E-state index in [-0.39, 0.29) is 23.6 Å². The van der Waals surface area contributed by atoms with Crippen LogP contribution in [0.4, 0.5) is 8.78 Å². The van der Waals surface area contributed by atoms with Gasteiger partial charge in [0, 0.05) is 19.0 Å². The van der Waals surface area contributed by atoms with Gasteiger partial charge in [-0.1, -0.05) is 6.07 Å². The summed E-state index contributed by atoms with van der Waals surface area (Å²) in [5, 5.41) is 2.60.